The Labute approximate surface area is 67.0 Å². The third kappa shape index (κ3) is 14.5. The molecule has 0 heterocycles. The van der Waals surface area contributed by atoms with Gasteiger partial charge in [0.1, 0.15) is 0 Å². The van der Waals surface area contributed by atoms with Gasteiger partial charge < -0.3 is 14.7 Å². The Balaban J connectivity index is 0. The lowest BCUT2D eigenvalue weighted by Crippen LogP contribution is -2.30. The van der Waals surface area contributed by atoms with Gasteiger partial charge in [0.2, 0.25) is 0 Å². The van der Waals surface area contributed by atoms with Crippen LogP contribution in [0.15, 0.2) is 0 Å². The van der Waals surface area contributed by atoms with Crippen molar-refractivity contribution in [2.75, 3.05) is 0 Å². The van der Waals surface area contributed by atoms with E-state index in [0.717, 1.165) is 0 Å². The summed E-state index contributed by atoms with van der Waals surface area (Å²) >= 11 is 0. The molecule has 0 bridgehead atoms. The molecule has 0 aromatic carbocycles. The van der Waals surface area contributed by atoms with Gasteiger partial charge in [0, 0.05) is 0 Å². The van der Waals surface area contributed by atoms with E-state index in [-0.39, 0.29) is 0 Å². The number of hydrogen-bond acceptors (Lipinski definition) is 1. The van der Waals surface area contributed by atoms with Crippen molar-refractivity contribution in [1.82, 2.24) is 0 Å². The maximum Gasteiger partial charge on any atom is 0.487 e. The van der Waals surface area contributed by atoms with Crippen LogP contribution < -0.4 is 0 Å². The Kier molecular flexibility index (Phi) is 4.98. The molecule has 0 aliphatic heterocycles. The molecule has 0 fully saturated rings. The number of phosphoric acid groups is 1. The van der Waals surface area contributed by atoms with Gasteiger partial charge in [-0.2, -0.15) is 26.3 Å². The minimum atomic E-state index is -6.06. The minimum absolute atomic E-state index is 4.64. The lowest BCUT2D eigenvalue weighted by atomic mass is 10.7. The highest BCUT2D eigenvalue weighted by atomic mass is 31.2. The van der Waals surface area contributed by atoms with E-state index in [2.05, 4.69) is 0 Å². The van der Waals surface area contributed by atoms with Gasteiger partial charge in [0.05, 0.1) is 0 Å². The Hall–Kier alpha value is -0.310. The highest BCUT2D eigenvalue weighted by Crippen LogP contribution is 2.35. The molecule has 13 heavy (non-hydrogen) atoms. The summed E-state index contributed by atoms with van der Waals surface area (Å²) in [5.74, 6) is 0. The summed E-state index contributed by atoms with van der Waals surface area (Å²) in [6.07, 6.45) is -12.1. The summed E-state index contributed by atoms with van der Waals surface area (Å²) in [6, 6.07) is 0. The molecule has 0 amide bonds. The molecule has 11 heteroatoms. The van der Waals surface area contributed by atoms with Gasteiger partial charge in [-0.25, -0.2) is 4.57 Å². The Bertz CT molecular complexity index is 168. The summed E-state index contributed by atoms with van der Waals surface area (Å²) < 4.78 is 71.5. The normalized spacial score (nSPS) is 13.3. The van der Waals surface area contributed by atoms with Crippen molar-refractivity contribution < 1.29 is 45.6 Å². The van der Waals surface area contributed by atoms with Crippen LogP contribution in [-0.4, -0.2) is 27.0 Å². The maximum atomic E-state index is 10.4. The van der Waals surface area contributed by atoms with Crippen LogP contribution in [0.4, 0.5) is 26.3 Å². The monoisotopic (exact) mass is 236 g/mol. The quantitative estimate of drug-likeness (QED) is 0.436. The minimum Gasteiger partial charge on any atom is -0.303 e. The second kappa shape index (κ2) is 4.27. The number of alkyl halides is 6. The van der Waals surface area contributed by atoms with Crippen LogP contribution in [0.1, 0.15) is 0 Å². The third-order valence-electron chi connectivity index (χ3n) is 0.321. The number of rotatable bonds is 0. The van der Waals surface area contributed by atoms with Gasteiger partial charge in [-0.1, -0.05) is 0 Å². The molecule has 3 N–H and O–H groups in total. The van der Waals surface area contributed by atoms with Crippen LogP contribution in [0.2, 0.25) is 0 Å². The molecule has 0 saturated heterocycles. The van der Waals surface area contributed by atoms with Gasteiger partial charge in [-0.15, -0.1) is 0 Å². The molecule has 0 unspecified atom stereocenters. The lowest BCUT2D eigenvalue weighted by Gasteiger charge is -2.08. The molecule has 0 aromatic heterocycles. The fraction of sp³-hybridized carbons (Fsp3) is 1.00. The van der Waals surface area contributed by atoms with Crippen LogP contribution in [0.3, 0.4) is 0 Å². The van der Waals surface area contributed by atoms with Crippen molar-refractivity contribution in [3.8, 4) is 0 Å². The van der Waals surface area contributed by atoms with Gasteiger partial charge in [0.25, 0.3) is 0 Å². The molecular formula is C2H3F6O4P. The predicted molar refractivity (Wildman–Crippen MR) is 26.4 cm³/mol. The topological polar surface area (TPSA) is 77.8 Å². The van der Waals surface area contributed by atoms with E-state index >= 15 is 0 Å². The Morgan fingerprint density at radius 2 is 0.846 bits per heavy atom. The van der Waals surface area contributed by atoms with E-state index in [1.54, 1.807) is 0 Å². The first kappa shape index (κ1) is 15.2. The van der Waals surface area contributed by atoms with E-state index in [9.17, 15) is 26.3 Å². The van der Waals surface area contributed by atoms with Crippen LogP contribution in [0.5, 0.6) is 0 Å². The Morgan fingerprint density at radius 1 is 0.769 bits per heavy atom. The summed E-state index contributed by atoms with van der Waals surface area (Å²) in [4.78, 5) is 21.6. The lowest BCUT2D eigenvalue weighted by molar-refractivity contribution is -0.339. The van der Waals surface area contributed by atoms with Crippen molar-refractivity contribution in [1.29, 1.82) is 0 Å². The molecule has 0 rings (SSSR count). The molecule has 0 atom stereocenters. The molecule has 0 aromatic rings. The fourth-order valence-electron chi connectivity index (χ4n) is 0. The van der Waals surface area contributed by atoms with Gasteiger partial charge in [-0.3, -0.25) is 0 Å². The highest BCUT2D eigenvalue weighted by molar-refractivity contribution is 7.45. The predicted octanol–water partition coefficient (Wildman–Crippen LogP) is 1.18. The van der Waals surface area contributed by atoms with E-state index < -0.39 is 20.2 Å². The first-order valence-electron chi connectivity index (χ1n) is 2.17. The summed E-state index contributed by atoms with van der Waals surface area (Å²) in [5, 5.41) is 0. The van der Waals surface area contributed by atoms with Crippen LogP contribution >= 0.6 is 7.82 Å². The van der Waals surface area contributed by atoms with Crippen LogP contribution in [-0.2, 0) is 4.57 Å². The molecule has 82 valence electrons. The van der Waals surface area contributed by atoms with Crippen LogP contribution in [0.25, 0.3) is 0 Å². The molecular weight excluding hydrogens is 233 g/mol. The second-order valence-corrected chi connectivity index (χ2v) is 2.54. The van der Waals surface area contributed by atoms with Gasteiger partial charge >= 0.3 is 20.2 Å². The van der Waals surface area contributed by atoms with E-state index in [4.69, 9.17) is 19.2 Å². The Morgan fingerprint density at radius 3 is 0.846 bits per heavy atom. The largest absolute Gasteiger partial charge is 0.487 e. The maximum absolute atomic E-state index is 10.4. The fourth-order valence-corrected chi connectivity index (χ4v) is 0. The molecule has 0 aliphatic carbocycles. The van der Waals surface area contributed by atoms with Crippen molar-refractivity contribution >= 4 is 7.82 Å². The summed E-state index contributed by atoms with van der Waals surface area (Å²) in [7, 11) is -4.64. The zero-order chi connectivity index (χ0) is 11.5. The first-order chi connectivity index (χ1) is 5.25. The number of halogens is 6. The third-order valence-corrected chi connectivity index (χ3v) is 0.321. The van der Waals surface area contributed by atoms with Crippen molar-refractivity contribution in [3.05, 3.63) is 0 Å². The van der Waals surface area contributed by atoms with Crippen molar-refractivity contribution in [3.63, 3.8) is 0 Å². The molecule has 0 aliphatic rings. The molecule has 0 radical (unpaired) electrons. The summed E-state index contributed by atoms with van der Waals surface area (Å²) in [5.41, 5.74) is 0. The zero-order valence-corrected chi connectivity index (χ0v) is 6.36. The zero-order valence-electron chi connectivity index (χ0n) is 5.46. The SMILES string of the molecule is FC(F)(F)C(F)(F)F.O=P(O)(O)O. The first-order valence-corrected chi connectivity index (χ1v) is 3.73. The van der Waals surface area contributed by atoms with E-state index in [1.165, 1.54) is 0 Å². The molecule has 0 saturated carbocycles. The highest BCUT2D eigenvalue weighted by Gasteiger charge is 2.58. The smallest absolute Gasteiger partial charge is 0.303 e. The van der Waals surface area contributed by atoms with E-state index in [0.29, 0.717) is 0 Å². The second-order valence-electron chi connectivity index (χ2n) is 1.51. The van der Waals surface area contributed by atoms with Crippen molar-refractivity contribution in [2.24, 2.45) is 0 Å². The van der Waals surface area contributed by atoms with Crippen LogP contribution in [0, 0.1) is 0 Å². The standard InChI is InChI=1S/C2F6.H3O4P/c3-1(4,5)2(6,7)8;1-5(2,3)4/h;(H3,1,2,3,4). The van der Waals surface area contributed by atoms with Gasteiger partial charge in [0.15, 0.2) is 0 Å². The molecule has 0 spiro atoms. The molecule has 4 nitrogen and oxygen atoms in total. The average Bonchev–Trinajstić information content (AvgIpc) is 1.50. The number of hydrogen-bond donors (Lipinski definition) is 3. The van der Waals surface area contributed by atoms with Crippen molar-refractivity contribution in [2.45, 2.75) is 12.4 Å². The van der Waals surface area contributed by atoms with E-state index in [1.807, 2.05) is 0 Å². The summed E-state index contributed by atoms with van der Waals surface area (Å²) in [6.45, 7) is 0. The van der Waals surface area contributed by atoms with Gasteiger partial charge in [-0.05, 0) is 0 Å². The average molecular weight is 236 g/mol.